The molecule has 0 radical (unpaired) electrons. The maximum Gasteiger partial charge on any atom is 0.349 e. The lowest BCUT2D eigenvalue weighted by Gasteiger charge is -2.08. The fraction of sp³-hybridized carbons (Fsp3) is 0.300. The molecule has 0 fully saturated rings. The summed E-state index contributed by atoms with van der Waals surface area (Å²) in [5, 5.41) is 9.48. The van der Waals surface area contributed by atoms with E-state index in [0.717, 1.165) is 12.2 Å². The number of nitrogens with one attached hydrogen (secondary N) is 2. The van der Waals surface area contributed by atoms with E-state index in [1.807, 2.05) is 37.3 Å². The molecular formula is C20H22N4O3. The smallest absolute Gasteiger partial charge is 0.349 e. The van der Waals surface area contributed by atoms with Gasteiger partial charge in [-0.25, -0.2) is 9.78 Å². The molecule has 1 amide bonds. The van der Waals surface area contributed by atoms with Gasteiger partial charge in [0, 0.05) is 19.4 Å². The number of carbonyl (C=O) groups excluding carboxylic acids is 1. The number of hydrogen-bond donors (Lipinski definition) is 2. The van der Waals surface area contributed by atoms with Crippen molar-refractivity contribution in [1.82, 2.24) is 20.5 Å². The van der Waals surface area contributed by atoms with Crippen molar-refractivity contribution >= 4 is 5.91 Å². The molecule has 1 aromatic carbocycles. The van der Waals surface area contributed by atoms with Crippen LogP contribution < -0.4 is 10.9 Å². The van der Waals surface area contributed by atoms with Gasteiger partial charge in [0.15, 0.2) is 5.82 Å². The zero-order chi connectivity index (χ0) is 19.2. The summed E-state index contributed by atoms with van der Waals surface area (Å²) in [7, 11) is 0. The van der Waals surface area contributed by atoms with Gasteiger partial charge in [-0.15, -0.1) is 0 Å². The van der Waals surface area contributed by atoms with Gasteiger partial charge >= 0.3 is 5.63 Å². The average Bonchev–Trinajstić information content (AvgIpc) is 3.05. The van der Waals surface area contributed by atoms with Crippen molar-refractivity contribution in [3.63, 3.8) is 0 Å². The molecule has 2 N–H and O–H groups in total. The topological polar surface area (TPSA) is 101 Å². The Balaban J connectivity index is 1.61. The number of nitrogens with zero attached hydrogens (tertiary/aromatic N) is 2. The number of amides is 1. The predicted octanol–water partition coefficient (Wildman–Crippen LogP) is 2.13. The van der Waals surface area contributed by atoms with Crippen molar-refractivity contribution < 1.29 is 9.21 Å². The highest BCUT2D eigenvalue weighted by molar-refractivity contribution is 5.95. The third-order valence-corrected chi connectivity index (χ3v) is 4.21. The predicted molar refractivity (Wildman–Crippen MR) is 101 cm³/mol. The van der Waals surface area contributed by atoms with Crippen LogP contribution in [-0.2, 0) is 19.3 Å². The quantitative estimate of drug-likeness (QED) is 0.667. The van der Waals surface area contributed by atoms with E-state index in [1.54, 1.807) is 13.0 Å². The summed E-state index contributed by atoms with van der Waals surface area (Å²) in [4.78, 5) is 28.8. The number of aromatic amines is 1. The largest absolute Gasteiger partial charge is 0.427 e. The second kappa shape index (κ2) is 8.44. The summed E-state index contributed by atoms with van der Waals surface area (Å²) in [6, 6.07) is 11.7. The summed E-state index contributed by atoms with van der Waals surface area (Å²) in [6.45, 7) is 3.89. The molecule has 0 spiro atoms. The van der Waals surface area contributed by atoms with E-state index in [0.29, 0.717) is 36.5 Å². The lowest BCUT2D eigenvalue weighted by molar-refractivity contribution is 0.0949. The lowest BCUT2D eigenvalue weighted by atomic mass is 10.1. The van der Waals surface area contributed by atoms with Crippen molar-refractivity contribution in [2.24, 2.45) is 0 Å². The molecule has 0 saturated heterocycles. The molecule has 0 bridgehead atoms. The van der Waals surface area contributed by atoms with Crippen molar-refractivity contribution in [2.45, 2.75) is 33.1 Å². The summed E-state index contributed by atoms with van der Waals surface area (Å²) >= 11 is 0. The maximum absolute atomic E-state index is 12.4. The van der Waals surface area contributed by atoms with Gasteiger partial charge in [-0.2, -0.15) is 5.10 Å². The zero-order valence-corrected chi connectivity index (χ0v) is 15.4. The van der Waals surface area contributed by atoms with E-state index >= 15 is 0 Å². The van der Waals surface area contributed by atoms with Crippen LogP contribution in [0.5, 0.6) is 0 Å². The second-order valence-corrected chi connectivity index (χ2v) is 6.39. The zero-order valence-electron chi connectivity index (χ0n) is 15.4. The number of carbonyl (C=O) groups is 1. The van der Waals surface area contributed by atoms with Crippen LogP contribution >= 0.6 is 0 Å². The molecule has 0 unspecified atom stereocenters. The summed E-state index contributed by atoms with van der Waals surface area (Å²) in [6.07, 6.45) is 1.85. The summed E-state index contributed by atoms with van der Waals surface area (Å²) in [5.74, 6) is 1.48. The van der Waals surface area contributed by atoms with Crippen LogP contribution in [0.25, 0.3) is 0 Å². The second-order valence-electron chi connectivity index (χ2n) is 6.39. The Kier molecular flexibility index (Phi) is 5.80. The van der Waals surface area contributed by atoms with Crippen molar-refractivity contribution in [2.75, 3.05) is 6.54 Å². The lowest BCUT2D eigenvalue weighted by Crippen LogP contribution is -2.31. The highest BCUT2D eigenvalue weighted by Gasteiger charge is 2.16. The number of H-pyrrole nitrogens is 1. The van der Waals surface area contributed by atoms with Crippen LogP contribution in [-0.4, -0.2) is 27.6 Å². The minimum Gasteiger partial charge on any atom is -0.427 e. The van der Waals surface area contributed by atoms with Crippen molar-refractivity contribution in [3.05, 3.63) is 80.9 Å². The normalized spacial score (nSPS) is 10.7. The van der Waals surface area contributed by atoms with Gasteiger partial charge in [-0.05, 0) is 37.5 Å². The van der Waals surface area contributed by atoms with E-state index in [1.165, 1.54) is 5.56 Å². The van der Waals surface area contributed by atoms with Crippen molar-refractivity contribution in [1.29, 1.82) is 0 Å². The van der Waals surface area contributed by atoms with Gasteiger partial charge in [0.2, 0.25) is 0 Å². The van der Waals surface area contributed by atoms with Crippen LogP contribution in [0.1, 0.15) is 38.9 Å². The Morgan fingerprint density at radius 2 is 1.93 bits per heavy atom. The van der Waals surface area contributed by atoms with Crippen LogP contribution in [0, 0.1) is 13.8 Å². The first-order chi connectivity index (χ1) is 13.0. The fourth-order valence-electron chi connectivity index (χ4n) is 2.86. The van der Waals surface area contributed by atoms with Crippen LogP contribution in [0.3, 0.4) is 0 Å². The number of aryl methyl sites for hydroxylation is 4. The molecule has 0 aliphatic heterocycles. The van der Waals surface area contributed by atoms with Gasteiger partial charge in [0.05, 0.1) is 0 Å². The first-order valence-corrected chi connectivity index (χ1v) is 8.86. The third-order valence-electron chi connectivity index (χ3n) is 4.21. The van der Waals surface area contributed by atoms with E-state index in [-0.39, 0.29) is 5.56 Å². The average molecular weight is 366 g/mol. The maximum atomic E-state index is 12.4. The van der Waals surface area contributed by atoms with E-state index in [4.69, 9.17) is 4.42 Å². The SMILES string of the molecule is Cc1nc(CCNC(=O)c2c(C)cc(CCc3ccccc3)oc2=O)n[nH]1. The number of rotatable bonds is 7. The standard InChI is InChI=1S/C20H22N4O3/c1-13-12-16(9-8-15-6-4-3-5-7-15)27-20(26)18(13)19(25)21-11-10-17-22-14(2)23-24-17/h3-7,12H,8-11H2,1-2H3,(H,21,25)(H,22,23,24). The Morgan fingerprint density at radius 1 is 1.15 bits per heavy atom. The first kappa shape index (κ1) is 18.6. The Bertz CT molecular complexity index is 976. The van der Waals surface area contributed by atoms with Gasteiger partial charge in [0.25, 0.3) is 5.91 Å². The van der Waals surface area contributed by atoms with Crippen LogP contribution in [0.15, 0.2) is 45.6 Å². The summed E-state index contributed by atoms with van der Waals surface area (Å²) in [5.41, 5.74) is 1.22. The van der Waals surface area contributed by atoms with E-state index in [2.05, 4.69) is 20.5 Å². The number of aromatic nitrogens is 3. The molecule has 2 aromatic heterocycles. The Morgan fingerprint density at radius 3 is 2.59 bits per heavy atom. The molecule has 0 atom stereocenters. The highest BCUT2D eigenvalue weighted by atomic mass is 16.4. The molecule has 0 aliphatic rings. The molecule has 3 aromatic rings. The number of hydrogen-bond acceptors (Lipinski definition) is 5. The monoisotopic (exact) mass is 366 g/mol. The molecule has 140 valence electrons. The van der Waals surface area contributed by atoms with E-state index < -0.39 is 11.5 Å². The molecule has 27 heavy (non-hydrogen) atoms. The Labute approximate surface area is 156 Å². The third kappa shape index (κ3) is 4.91. The minimum absolute atomic E-state index is 0.0460. The van der Waals surface area contributed by atoms with Gasteiger partial charge in [-0.3, -0.25) is 9.89 Å². The molecule has 3 rings (SSSR count). The fourth-order valence-corrected chi connectivity index (χ4v) is 2.86. The first-order valence-electron chi connectivity index (χ1n) is 8.86. The summed E-state index contributed by atoms with van der Waals surface area (Å²) < 4.78 is 5.35. The van der Waals surface area contributed by atoms with E-state index in [9.17, 15) is 9.59 Å². The van der Waals surface area contributed by atoms with Crippen LogP contribution in [0.4, 0.5) is 0 Å². The molecular weight excluding hydrogens is 344 g/mol. The highest BCUT2D eigenvalue weighted by Crippen LogP contribution is 2.10. The molecule has 0 saturated carbocycles. The molecule has 0 aliphatic carbocycles. The number of benzene rings is 1. The Hall–Kier alpha value is -3.22. The molecule has 7 heteroatoms. The minimum atomic E-state index is -0.607. The van der Waals surface area contributed by atoms with Crippen molar-refractivity contribution in [3.8, 4) is 0 Å². The van der Waals surface area contributed by atoms with Crippen LogP contribution in [0.2, 0.25) is 0 Å². The van der Waals surface area contributed by atoms with Gasteiger partial charge in [-0.1, -0.05) is 30.3 Å². The molecule has 7 nitrogen and oxygen atoms in total. The van der Waals surface area contributed by atoms with Gasteiger partial charge in [0.1, 0.15) is 17.1 Å². The van der Waals surface area contributed by atoms with Gasteiger partial charge < -0.3 is 9.73 Å². The molecule has 2 heterocycles.